The molecule has 19 heavy (non-hydrogen) atoms. The Morgan fingerprint density at radius 2 is 1.95 bits per heavy atom. The molecule has 7 nitrogen and oxygen atoms in total. The zero-order valence-corrected chi connectivity index (χ0v) is 10.7. The average Bonchev–Trinajstić information content (AvgIpc) is 2.37. The number of hydrogen-bond acceptors (Lipinski definition) is 6. The largest absolute Gasteiger partial charge is 0.469 e. The highest BCUT2D eigenvalue weighted by molar-refractivity contribution is 6.30. The summed E-state index contributed by atoms with van der Waals surface area (Å²) in [5, 5.41) is 10.9. The number of carbonyl (C=O) groups is 2. The summed E-state index contributed by atoms with van der Waals surface area (Å²) in [5.74, 6) is -1.55. The lowest BCUT2D eigenvalue weighted by Gasteiger charge is -2.04. The van der Waals surface area contributed by atoms with Gasteiger partial charge in [0.15, 0.2) is 0 Å². The number of methoxy groups -OCH3 is 1. The van der Waals surface area contributed by atoms with E-state index in [4.69, 9.17) is 16.3 Å². The van der Waals surface area contributed by atoms with Gasteiger partial charge in [-0.2, -0.15) is 0 Å². The van der Waals surface area contributed by atoms with Crippen LogP contribution in [0.25, 0.3) is 0 Å². The van der Waals surface area contributed by atoms with Gasteiger partial charge in [-0.15, -0.1) is 0 Å². The molecule has 1 aromatic rings. The fourth-order valence-electron chi connectivity index (χ4n) is 1.20. The average molecular weight is 288 g/mol. The summed E-state index contributed by atoms with van der Waals surface area (Å²) in [6, 6.07) is 3.65. The summed E-state index contributed by atoms with van der Waals surface area (Å²) >= 11 is 5.61. The van der Waals surface area contributed by atoms with Crippen LogP contribution in [0, 0.1) is 10.1 Å². The van der Waals surface area contributed by atoms with E-state index in [2.05, 4.69) is 4.74 Å². The highest BCUT2D eigenvalue weighted by Gasteiger charge is 2.19. The van der Waals surface area contributed by atoms with Crippen LogP contribution in [-0.2, 0) is 14.3 Å². The molecule has 0 unspecified atom stereocenters. The van der Waals surface area contributed by atoms with E-state index in [1.807, 2.05) is 0 Å². The highest BCUT2D eigenvalue weighted by Crippen LogP contribution is 2.30. The SMILES string of the molecule is COC(=O)CCC(=O)Oc1ccc(Cl)cc1[N+](=O)[O-]. The third-order valence-electron chi connectivity index (χ3n) is 2.10. The highest BCUT2D eigenvalue weighted by atomic mass is 35.5. The van der Waals surface area contributed by atoms with Gasteiger partial charge >= 0.3 is 17.6 Å². The molecule has 8 heteroatoms. The Hall–Kier alpha value is -2.15. The first kappa shape index (κ1) is 14.9. The summed E-state index contributed by atoms with van der Waals surface area (Å²) in [6.45, 7) is 0. The van der Waals surface area contributed by atoms with Crippen LogP contribution in [0.4, 0.5) is 5.69 Å². The van der Waals surface area contributed by atoms with Crippen molar-refractivity contribution >= 4 is 29.2 Å². The zero-order chi connectivity index (χ0) is 14.4. The first-order valence-corrected chi connectivity index (χ1v) is 5.53. The topological polar surface area (TPSA) is 95.7 Å². The van der Waals surface area contributed by atoms with Gasteiger partial charge in [-0.3, -0.25) is 19.7 Å². The Morgan fingerprint density at radius 3 is 2.53 bits per heavy atom. The quantitative estimate of drug-likeness (QED) is 0.356. The minimum absolute atomic E-state index is 0.154. The molecule has 0 atom stereocenters. The number of nitrogens with zero attached hydrogens (tertiary/aromatic N) is 1. The lowest BCUT2D eigenvalue weighted by atomic mass is 10.3. The minimum atomic E-state index is -0.768. The normalized spacial score (nSPS) is 9.79. The van der Waals surface area contributed by atoms with Crippen LogP contribution in [0.2, 0.25) is 5.02 Å². The van der Waals surface area contributed by atoms with Gasteiger partial charge in [-0.05, 0) is 12.1 Å². The molecule has 0 amide bonds. The fourth-order valence-corrected chi connectivity index (χ4v) is 1.37. The molecule has 0 saturated heterocycles. The van der Waals surface area contributed by atoms with Crippen LogP contribution >= 0.6 is 11.6 Å². The zero-order valence-electron chi connectivity index (χ0n) is 9.92. The molecular formula is C11H10ClNO6. The first-order chi connectivity index (χ1) is 8.93. The van der Waals surface area contributed by atoms with Gasteiger partial charge in [0.05, 0.1) is 24.9 Å². The van der Waals surface area contributed by atoms with Crippen molar-refractivity contribution in [1.29, 1.82) is 0 Å². The van der Waals surface area contributed by atoms with Crippen molar-refractivity contribution in [2.24, 2.45) is 0 Å². The predicted octanol–water partition coefficient (Wildman–Crippen LogP) is 2.11. The molecule has 0 saturated carbocycles. The van der Waals surface area contributed by atoms with E-state index in [0.29, 0.717) is 0 Å². The maximum absolute atomic E-state index is 11.4. The number of nitro benzene ring substituents is 1. The summed E-state index contributed by atoms with van der Waals surface area (Å²) < 4.78 is 9.17. The molecule has 0 aliphatic carbocycles. The van der Waals surface area contributed by atoms with Gasteiger partial charge in [-0.25, -0.2) is 0 Å². The van der Waals surface area contributed by atoms with E-state index in [-0.39, 0.29) is 23.6 Å². The molecule has 0 aromatic heterocycles. The molecule has 0 aliphatic heterocycles. The second-order valence-corrected chi connectivity index (χ2v) is 3.86. The van der Waals surface area contributed by atoms with Crippen LogP contribution in [0.3, 0.4) is 0 Å². The number of benzene rings is 1. The van der Waals surface area contributed by atoms with Crippen molar-refractivity contribution in [1.82, 2.24) is 0 Å². The smallest absolute Gasteiger partial charge is 0.313 e. The van der Waals surface area contributed by atoms with Gasteiger partial charge in [0.2, 0.25) is 5.75 Å². The second-order valence-electron chi connectivity index (χ2n) is 3.42. The van der Waals surface area contributed by atoms with E-state index >= 15 is 0 Å². The van der Waals surface area contributed by atoms with Crippen molar-refractivity contribution < 1.29 is 24.0 Å². The molecular weight excluding hydrogens is 278 g/mol. The predicted molar refractivity (Wildman–Crippen MR) is 65.0 cm³/mol. The number of esters is 2. The van der Waals surface area contributed by atoms with E-state index in [0.717, 1.165) is 6.07 Å². The summed E-state index contributed by atoms with van der Waals surface area (Å²) in [7, 11) is 1.19. The van der Waals surface area contributed by atoms with Gasteiger partial charge in [0.25, 0.3) is 0 Å². The maximum atomic E-state index is 11.4. The molecule has 0 fully saturated rings. The van der Waals surface area contributed by atoms with Crippen molar-refractivity contribution in [2.45, 2.75) is 12.8 Å². The first-order valence-electron chi connectivity index (χ1n) is 5.15. The van der Waals surface area contributed by atoms with Gasteiger partial charge < -0.3 is 9.47 Å². The molecule has 0 aliphatic rings. The molecule has 0 N–H and O–H groups in total. The monoisotopic (exact) mass is 287 g/mol. The minimum Gasteiger partial charge on any atom is -0.469 e. The molecule has 1 rings (SSSR count). The standard InChI is InChI=1S/C11H10ClNO6/c1-18-10(14)4-5-11(15)19-9-3-2-7(12)6-8(9)13(16)17/h2-3,6H,4-5H2,1H3. The van der Waals surface area contributed by atoms with Crippen LogP contribution < -0.4 is 4.74 Å². The lowest BCUT2D eigenvalue weighted by molar-refractivity contribution is -0.385. The van der Waals surface area contributed by atoms with Crippen LogP contribution in [-0.4, -0.2) is 24.0 Å². The van der Waals surface area contributed by atoms with E-state index < -0.39 is 22.5 Å². The van der Waals surface area contributed by atoms with E-state index in [1.54, 1.807) is 0 Å². The van der Waals surface area contributed by atoms with Crippen molar-refractivity contribution in [3.8, 4) is 5.75 Å². The number of hydrogen-bond donors (Lipinski definition) is 0. The summed E-state index contributed by atoms with van der Waals surface area (Å²) in [5.41, 5.74) is -0.418. The summed E-state index contributed by atoms with van der Waals surface area (Å²) in [6.07, 6.45) is -0.386. The van der Waals surface area contributed by atoms with Crippen LogP contribution in [0.1, 0.15) is 12.8 Å². The van der Waals surface area contributed by atoms with Crippen LogP contribution in [0.15, 0.2) is 18.2 Å². The number of rotatable bonds is 5. The number of ether oxygens (including phenoxy) is 2. The lowest BCUT2D eigenvalue weighted by Crippen LogP contribution is -2.12. The van der Waals surface area contributed by atoms with Gasteiger partial charge in [0.1, 0.15) is 0 Å². The molecule has 0 radical (unpaired) electrons. The Morgan fingerprint density at radius 1 is 1.32 bits per heavy atom. The molecule has 0 bridgehead atoms. The van der Waals surface area contributed by atoms with Crippen LogP contribution in [0.5, 0.6) is 5.75 Å². The third-order valence-corrected chi connectivity index (χ3v) is 2.34. The fraction of sp³-hybridized carbons (Fsp3) is 0.273. The van der Waals surface area contributed by atoms with Crippen molar-refractivity contribution in [3.05, 3.63) is 33.3 Å². The number of carbonyl (C=O) groups excluding carboxylic acids is 2. The Labute approximate surface area is 113 Å². The molecule has 102 valence electrons. The number of halogens is 1. The molecule has 1 aromatic carbocycles. The second kappa shape index (κ2) is 6.69. The van der Waals surface area contributed by atoms with Gasteiger partial charge in [0, 0.05) is 11.1 Å². The van der Waals surface area contributed by atoms with Crippen molar-refractivity contribution in [2.75, 3.05) is 7.11 Å². The van der Waals surface area contributed by atoms with E-state index in [9.17, 15) is 19.7 Å². The Balaban J connectivity index is 2.74. The third kappa shape index (κ3) is 4.55. The number of nitro groups is 1. The molecule has 0 heterocycles. The Bertz CT molecular complexity index is 516. The molecule has 0 spiro atoms. The summed E-state index contributed by atoms with van der Waals surface area (Å²) in [4.78, 5) is 32.3. The van der Waals surface area contributed by atoms with Crippen molar-refractivity contribution in [3.63, 3.8) is 0 Å². The Kier molecular flexibility index (Phi) is 5.25. The van der Waals surface area contributed by atoms with E-state index in [1.165, 1.54) is 19.2 Å². The maximum Gasteiger partial charge on any atom is 0.313 e. The van der Waals surface area contributed by atoms with Gasteiger partial charge in [-0.1, -0.05) is 11.6 Å².